The Morgan fingerprint density at radius 1 is 0.396 bits per heavy atom. The summed E-state index contributed by atoms with van der Waals surface area (Å²) < 4.78 is 11.3. The van der Waals surface area contributed by atoms with E-state index >= 15 is 0 Å². The zero-order valence-electron chi connectivity index (χ0n) is 38.0. The minimum Gasteiger partial charge on any atom is -0.466 e. The lowest BCUT2D eigenvalue weighted by molar-refractivity contribution is -0.148. The first-order chi connectivity index (χ1) is 25.1. The molecule has 0 aliphatic carbocycles. The molecule has 0 aromatic heterocycles. The molecule has 0 spiro atoms. The van der Waals surface area contributed by atoms with Gasteiger partial charge >= 0.3 is 11.9 Å². The lowest BCUT2D eigenvalue weighted by Gasteiger charge is -2.24. The number of likely N-dealkylation sites (N-methyl/N-ethyl adjacent to an activating group) is 1. The van der Waals surface area contributed by atoms with Gasteiger partial charge in [-0.3, -0.25) is 9.59 Å². The second kappa shape index (κ2) is 33.1. The van der Waals surface area contributed by atoms with Crippen molar-refractivity contribution in [3.8, 4) is 0 Å². The molecule has 0 aromatic carbocycles. The molecule has 0 radical (unpaired) electrons. The van der Waals surface area contributed by atoms with Gasteiger partial charge in [0, 0.05) is 25.3 Å². The molecule has 0 aliphatic rings. The fraction of sp³-hybridized carbons (Fsp3) is 0.958. The summed E-state index contributed by atoms with van der Waals surface area (Å²) in [6, 6.07) is 0.0442. The SMILES string of the molecule is CC(C)CCCC(C)CCCC(C)CCCC(C)CCC(=O)OCCC(COC(=O)CCC(C)CCCC(C)CCCC(C)CCCC(C)C)N(C)C. The van der Waals surface area contributed by atoms with E-state index in [-0.39, 0.29) is 18.0 Å². The lowest BCUT2D eigenvalue weighted by Crippen LogP contribution is -2.34. The summed E-state index contributed by atoms with van der Waals surface area (Å²) in [4.78, 5) is 27.1. The largest absolute Gasteiger partial charge is 0.466 e. The molecule has 7 unspecified atom stereocenters. The zero-order valence-corrected chi connectivity index (χ0v) is 38.0. The van der Waals surface area contributed by atoms with Crippen LogP contribution in [-0.2, 0) is 19.1 Å². The van der Waals surface area contributed by atoms with Crippen molar-refractivity contribution in [1.82, 2.24) is 4.90 Å². The average molecular weight is 750 g/mol. The standard InChI is InChI=1S/C48H95NO4/c1-38(2)19-13-21-40(5)23-15-25-42(7)27-17-29-44(9)31-33-47(50)52-36-35-46(49(11)12)37-53-48(51)34-32-45(10)30-18-28-43(8)26-16-24-41(6)22-14-20-39(3)4/h38-46H,13-37H2,1-12H3. The Balaban J connectivity index is 4.01. The maximum Gasteiger partial charge on any atom is 0.305 e. The van der Waals surface area contributed by atoms with Crippen LogP contribution in [0.4, 0.5) is 0 Å². The highest BCUT2D eigenvalue weighted by Crippen LogP contribution is 2.25. The molecule has 0 aliphatic heterocycles. The Hall–Kier alpha value is -1.10. The number of carbonyl (C=O) groups is 2. The van der Waals surface area contributed by atoms with Gasteiger partial charge in [-0.05, 0) is 74.3 Å². The van der Waals surface area contributed by atoms with Gasteiger partial charge < -0.3 is 14.4 Å². The van der Waals surface area contributed by atoms with Gasteiger partial charge in [-0.1, -0.05) is 185 Å². The molecular formula is C48H95NO4. The number of carbonyl (C=O) groups excluding carboxylic acids is 2. The summed E-state index contributed by atoms with van der Waals surface area (Å²) in [7, 11) is 3.99. The lowest BCUT2D eigenvalue weighted by atomic mass is 9.90. The first-order valence-corrected chi connectivity index (χ1v) is 23.1. The average Bonchev–Trinajstić information content (AvgIpc) is 3.07. The van der Waals surface area contributed by atoms with Gasteiger partial charge in [0.25, 0.3) is 0 Å². The summed E-state index contributed by atoms with van der Waals surface area (Å²) >= 11 is 0. The van der Waals surface area contributed by atoms with Gasteiger partial charge in [-0.15, -0.1) is 0 Å². The Labute approximate surface area is 332 Å². The second-order valence-corrected chi connectivity index (χ2v) is 19.4. The Morgan fingerprint density at radius 3 is 0.981 bits per heavy atom. The van der Waals surface area contributed by atoms with Gasteiger partial charge in [0.2, 0.25) is 0 Å². The molecular weight excluding hydrogens is 655 g/mol. The van der Waals surface area contributed by atoms with Crippen LogP contribution in [0.3, 0.4) is 0 Å². The van der Waals surface area contributed by atoms with Gasteiger partial charge in [-0.2, -0.15) is 0 Å². The molecule has 7 atom stereocenters. The molecule has 5 heteroatoms. The van der Waals surface area contributed by atoms with Crippen molar-refractivity contribution in [3.63, 3.8) is 0 Å². The third-order valence-corrected chi connectivity index (χ3v) is 12.1. The molecule has 0 aromatic rings. The van der Waals surface area contributed by atoms with Crippen LogP contribution in [0.25, 0.3) is 0 Å². The molecule has 0 heterocycles. The molecule has 0 rings (SSSR count). The van der Waals surface area contributed by atoms with Crippen LogP contribution >= 0.6 is 0 Å². The van der Waals surface area contributed by atoms with Crippen molar-refractivity contribution < 1.29 is 19.1 Å². The van der Waals surface area contributed by atoms with E-state index in [9.17, 15) is 9.59 Å². The van der Waals surface area contributed by atoms with E-state index in [2.05, 4.69) is 74.1 Å². The van der Waals surface area contributed by atoms with E-state index in [4.69, 9.17) is 9.47 Å². The van der Waals surface area contributed by atoms with E-state index in [0.717, 1.165) is 48.3 Å². The summed E-state index contributed by atoms with van der Waals surface area (Å²) in [5, 5.41) is 0. The fourth-order valence-corrected chi connectivity index (χ4v) is 7.74. The summed E-state index contributed by atoms with van der Waals surface area (Å²) in [5.41, 5.74) is 0. The molecule has 0 bridgehead atoms. The number of hydrogen-bond acceptors (Lipinski definition) is 5. The monoisotopic (exact) mass is 750 g/mol. The maximum atomic E-state index is 12.6. The molecule has 316 valence electrons. The molecule has 0 saturated carbocycles. The normalized spacial score (nSPS) is 16.1. The zero-order chi connectivity index (χ0) is 40.0. The van der Waals surface area contributed by atoms with Crippen LogP contribution in [-0.4, -0.2) is 50.2 Å². The number of rotatable bonds is 36. The Bertz CT molecular complexity index is 856. The minimum atomic E-state index is -0.109. The Morgan fingerprint density at radius 2 is 0.679 bits per heavy atom. The molecule has 0 saturated heterocycles. The van der Waals surface area contributed by atoms with Gasteiger partial charge in [-0.25, -0.2) is 0 Å². The van der Waals surface area contributed by atoms with E-state index in [1.54, 1.807) is 0 Å². The van der Waals surface area contributed by atoms with Crippen LogP contribution < -0.4 is 0 Å². The quantitative estimate of drug-likeness (QED) is 0.0597. The number of nitrogens with zero attached hydrogens (tertiary/aromatic N) is 1. The van der Waals surface area contributed by atoms with E-state index in [0.29, 0.717) is 44.3 Å². The highest BCUT2D eigenvalue weighted by atomic mass is 16.5. The predicted molar refractivity (Wildman–Crippen MR) is 230 cm³/mol. The van der Waals surface area contributed by atoms with Crippen LogP contribution in [0.1, 0.15) is 217 Å². The van der Waals surface area contributed by atoms with Crippen LogP contribution in [0.2, 0.25) is 0 Å². The molecule has 5 nitrogen and oxygen atoms in total. The van der Waals surface area contributed by atoms with Crippen molar-refractivity contribution in [2.75, 3.05) is 27.3 Å². The van der Waals surface area contributed by atoms with E-state index < -0.39 is 0 Å². The van der Waals surface area contributed by atoms with Crippen molar-refractivity contribution in [2.24, 2.45) is 47.3 Å². The topological polar surface area (TPSA) is 55.8 Å². The number of ether oxygens (including phenoxy) is 2. The minimum absolute atomic E-state index is 0.0442. The summed E-state index contributed by atoms with van der Waals surface area (Å²) in [5.74, 6) is 5.85. The Kier molecular flexibility index (Phi) is 32.4. The van der Waals surface area contributed by atoms with E-state index in [1.807, 2.05) is 14.1 Å². The van der Waals surface area contributed by atoms with Gasteiger partial charge in [0.1, 0.15) is 6.61 Å². The van der Waals surface area contributed by atoms with Gasteiger partial charge in [0.05, 0.1) is 6.61 Å². The van der Waals surface area contributed by atoms with Crippen LogP contribution in [0.5, 0.6) is 0 Å². The molecule has 0 N–H and O–H groups in total. The van der Waals surface area contributed by atoms with E-state index in [1.165, 1.54) is 116 Å². The van der Waals surface area contributed by atoms with Gasteiger partial charge in [0.15, 0.2) is 0 Å². The second-order valence-electron chi connectivity index (χ2n) is 19.4. The molecule has 0 amide bonds. The first kappa shape index (κ1) is 51.9. The van der Waals surface area contributed by atoms with Crippen LogP contribution in [0, 0.1) is 47.3 Å². The highest BCUT2D eigenvalue weighted by molar-refractivity contribution is 5.69. The number of esters is 2. The smallest absolute Gasteiger partial charge is 0.305 e. The summed E-state index contributed by atoms with van der Waals surface area (Å²) in [6.07, 6.45) is 27.3. The van der Waals surface area contributed by atoms with Crippen molar-refractivity contribution in [3.05, 3.63) is 0 Å². The van der Waals surface area contributed by atoms with Crippen LogP contribution in [0.15, 0.2) is 0 Å². The fourth-order valence-electron chi connectivity index (χ4n) is 7.74. The predicted octanol–water partition coefficient (Wildman–Crippen LogP) is 14.1. The highest BCUT2D eigenvalue weighted by Gasteiger charge is 2.17. The molecule has 0 fully saturated rings. The number of hydrogen-bond donors (Lipinski definition) is 0. The molecule has 53 heavy (non-hydrogen) atoms. The third-order valence-electron chi connectivity index (χ3n) is 12.1. The third kappa shape index (κ3) is 33.9. The van der Waals surface area contributed by atoms with Crippen molar-refractivity contribution in [1.29, 1.82) is 0 Å². The van der Waals surface area contributed by atoms with Crippen molar-refractivity contribution in [2.45, 2.75) is 223 Å². The van der Waals surface area contributed by atoms with Crippen molar-refractivity contribution >= 4 is 11.9 Å². The maximum absolute atomic E-state index is 12.6. The summed E-state index contributed by atoms with van der Waals surface area (Å²) in [6.45, 7) is 24.2. The first-order valence-electron chi connectivity index (χ1n) is 23.1.